The second-order valence-electron chi connectivity index (χ2n) is 6.70. The Hall–Kier alpha value is -2.47. The van der Waals surface area contributed by atoms with Crippen molar-refractivity contribution in [2.24, 2.45) is 5.92 Å². The zero-order chi connectivity index (χ0) is 18.1. The van der Waals surface area contributed by atoms with E-state index >= 15 is 0 Å². The molecule has 0 radical (unpaired) electrons. The zero-order valence-corrected chi connectivity index (χ0v) is 16.0. The van der Waals surface area contributed by atoms with Crippen molar-refractivity contribution in [3.8, 4) is 11.1 Å². The Labute approximate surface area is 160 Å². The first-order valence-corrected chi connectivity index (χ1v) is 9.48. The molecule has 0 unspecified atom stereocenters. The molecule has 0 aliphatic heterocycles. The summed E-state index contributed by atoms with van der Waals surface area (Å²) >= 11 is 3.46. The van der Waals surface area contributed by atoms with Crippen LogP contribution in [0.3, 0.4) is 0 Å². The normalized spacial score (nSPS) is 14.8. The molecule has 2 N–H and O–H groups in total. The number of anilines is 2. The molecule has 6 heteroatoms. The summed E-state index contributed by atoms with van der Waals surface area (Å²) in [5.74, 6) is 1.15. The van der Waals surface area contributed by atoms with E-state index < -0.39 is 0 Å². The highest BCUT2D eigenvalue weighted by Crippen LogP contribution is 2.37. The second-order valence-corrected chi connectivity index (χ2v) is 7.61. The summed E-state index contributed by atoms with van der Waals surface area (Å²) in [4.78, 5) is 11.0. The lowest BCUT2D eigenvalue weighted by Crippen LogP contribution is -2.19. The number of carbonyl (C=O) groups is 1. The van der Waals surface area contributed by atoms with E-state index in [1.165, 1.54) is 12.8 Å². The monoisotopic (exact) mass is 410 g/mol. The highest BCUT2D eigenvalue weighted by Gasteiger charge is 2.29. The number of halogens is 1. The summed E-state index contributed by atoms with van der Waals surface area (Å²) in [5, 5.41) is 15.7. The van der Waals surface area contributed by atoms with Crippen LogP contribution in [-0.4, -0.2) is 22.6 Å². The average Bonchev–Trinajstić information content (AvgIpc) is 3.49. The van der Waals surface area contributed by atoms with Crippen molar-refractivity contribution >= 4 is 44.7 Å². The number of fused-ring (bicyclic) bond motifs is 1. The molecule has 1 fully saturated rings. The van der Waals surface area contributed by atoms with Crippen LogP contribution in [0.4, 0.5) is 11.5 Å². The van der Waals surface area contributed by atoms with Crippen LogP contribution in [0.5, 0.6) is 0 Å². The molecule has 3 aromatic rings. The van der Waals surface area contributed by atoms with Gasteiger partial charge in [0, 0.05) is 15.9 Å². The molecule has 0 spiro atoms. The summed E-state index contributed by atoms with van der Waals surface area (Å²) in [6, 6.07) is 14.7. The number of nitrogens with one attached hydrogen (secondary N) is 2. The van der Waals surface area contributed by atoms with Gasteiger partial charge >= 0.3 is 0 Å². The van der Waals surface area contributed by atoms with Crippen LogP contribution < -0.4 is 10.6 Å². The molecule has 1 amide bonds. The molecular weight excluding hydrogens is 392 g/mol. The average molecular weight is 411 g/mol. The van der Waals surface area contributed by atoms with E-state index in [9.17, 15) is 4.79 Å². The smallest absolute Gasteiger partial charge is 0.212 e. The van der Waals surface area contributed by atoms with Gasteiger partial charge in [-0.05, 0) is 61.1 Å². The number of aromatic nitrogens is 2. The summed E-state index contributed by atoms with van der Waals surface area (Å²) in [6.07, 6.45) is 3.13. The highest BCUT2D eigenvalue weighted by atomic mass is 79.9. The molecule has 0 bridgehead atoms. The molecule has 132 valence electrons. The van der Waals surface area contributed by atoms with Crippen LogP contribution >= 0.6 is 15.9 Å². The Bertz CT molecular complexity index is 954. The first kappa shape index (κ1) is 17.0. The van der Waals surface area contributed by atoms with E-state index in [0.717, 1.165) is 32.2 Å². The maximum atomic E-state index is 11.0. The number of rotatable bonds is 6. The van der Waals surface area contributed by atoms with Crippen molar-refractivity contribution in [2.75, 3.05) is 10.6 Å². The molecule has 1 aliphatic carbocycles. The van der Waals surface area contributed by atoms with E-state index in [1.54, 1.807) is 0 Å². The van der Waals surface area contributed by atoms with Gasteiger partial charge in [-0.1, -0.05) is 34.1 Å². The number of hydrogen-bond donors (Lipinski definition) is 2. The molecule has 0 saturated heterocycles. The van der Waals surface area contributed by atoms with Crippen LogP contribution in [0.2, 0.25) is 0 Å². The molecule has 1 aromatic heterocycles. The van der Waals surface area contributed by atoms with Gasteiger partial charge in [0.05, 0.1) is 11.2 Å². The molecule has 2 aromatic carbocycles. The molecule has 1 atom stereocenters. The van der Waals surface area contributed by atoms with Gasteiger partial charge in [-0.15, -0.1) is 10.2 Å². The van der Waals surface area contributed by atoms with Crippen LogP contribution in [0.25, 0.3) is 22.0 Å². The number of nitrogens with zero attached hydrogens (tertiary/aromatic N) is 2. The van der Waals surface area contributed by atoms with Gasteiger partial charge in [-0.25, -0.2) is 0 Å². The third-order valence-corrected chi connectivity index (χ3v) is 5.36. The molecule has 26 heavy (non-hydrogen) atoms. The number of benzene rings is 2. The fourth-order valence-corrected chi connectivity index (χ4v) is 3.44. The lowest BCUT2D eigenvalue weighted by Gasteiger charge is -2.18. The van der Waals surface area contributed by atoms with Crippen molar-refractivity contribution in [1.82, 2.24) is 10.2 Å². The lowest BCUT2D eigenvalue weighted by molar-refractivity contribution is -0.105. The summed E-state index contributed by atoms with van der Waals surface area (Å²) in [6.45, 7) is 2.17. The molecule has 5 nitrogen and oxygen atoms in total. The SMILES string of the molecule is C[C@@H](Nc1c(NC=O)nnc2cc(-c3ccc(Br)cc3)ccc12)C1CC1. The third kappa shape index (κ3) is 3.42. The maximum Gasteiger partial charge on any atom is 0.212 e. The van der Waals surface area contributed by atoms with Crippen LogP contribution in [0, 0.1) is 5.92 Å². The Morgan fingerprint density at radius 3 is 2.54 bits per heavy atom. The first-order chi connectivity index (χ1) is 12.7. The summed E-state index contributed by atoms with van der Waals surface area (Å²) in [7, 11) is 0. The molecule has 1 saturated carbocycles. The highest BCUT2D eigenvalue weighted by molar-refractivity contribution is 9.10. The Morgan fingerprint density at radius 2 is 1.85 bits per heavy atom. The van der Waals surface area contributed by atoms with E-state index in [4.69, 9.17) is 0 Å². The van der Waals surface area contributed by atoms with Crippen LogP contribution in [0.15, 0.2) is 46.9 Å². The van der Waals surface area contributed by atoms with Crippen LogP contribution in [0.1, 0.15) is 19.8 Å². The predicted molar refractivity (Wildman–Crippen MR) is 108 cm³/mol. The van der Waals surface area contributed by atoms with E-state index in [1.807, 2.05) is 24.3 Å². The largest absolute Gasteiger partial charge is 0.379 e. The topological polar surface area (TPSA) is 66.9 Å². The zero-order valence-electron chi connectivity index (χ0n) is 14.4. The molecular formula is C20H19BrN4O. The predicted octanol–water partition coefficient (Wildman–Crippen LogP) is 4.84. The van der Waals surface area contributed by atoms with Gasteiger partial charge in [0.15, 0.2) is 5.82 Å². The van der Waals surface area contributed by atoms with Crippen molar-refractivity contribution in [3.63, 3.8) is 0 Å². The van der Waals surface area contributed by atoms with Crippen LogP contribution in [-0.2, 0) is 4.79 Å². The lowest BCUT2D eigenvalue weighted by atomic mass is 10.0. The summed E-state index contributed by atoms with van der Waals surface area (Å²) < 4.78 is 1.05. The fraction of sp³-hybridized carbons (Fsp3) is 0.250. The second kappa shape index (κ2) is 7.03. The van der Waals surface area contributed by atoms with E-state index in [0.29, 0.717) is 24.2 Å². The van der Waals surface area contributed by atoms with Gasteiger partial charge < -0.3 is 10.6 Å². The summed E-state index contributed by atoms with van der Waals surface area (Å²) in [5.41, 5.74) is 3.83. The minimum absolute atomic E-state index is 0.334. The Morgan fingerprint density at radius 1 is 1.12 bits per heavy atom. The van der Waals surface area contributed by atoms with Crippen molar-refractivity contribution in [2.45, 2.75) is 25.8 Å². The maximum absolute atomic E-state index is 11.0. The number of amides is 1. The van der Waals surface area contributed by atoms with Crippen molar-refractivity contribution in [3.05, 3.63) is 46.9 Å². The minimum Gasteiger partial charge on any atom is -0.379 e. The molecule has 4 rings (SSSR count). The third-order valence-electron chi connectivity index (χ3n) is 4.84. The van der Waals surface area contributed by atoms with Gasteiger partial charge in [0.2, 0.25) is 6.41 Å². The standard InChI is InChI=1S/C20H19BrN4O/c1-12(13-2-3-13)23-19-17-9-6-15(14-4-7-16(21)8-5-14)10-18(17)24-25-20(19)22-11-26/h4-13H,2-3H2,1H3,(H,23,24)(H,22,25,26)/t12-/m1/s1. The molecule has 1 aliphatic rings. The van der Waals surface area contributed by atoms with E-state index in [-0.39, 0.29) is 0 Å². The minimum atomic E-state index is 0.334. The molecule has 1 heterocycles. The van der Waals surface area contributed by atoms with Gasteiger partial charge in [0.1, 0.15) is 0 Å². The van der Waals surface area contributed by atoms with Gasteiger partial charge in [-0.2, -0.15) is 0 Å². The fourth-order valence-electron chi connectivity index (χ4n) is 3.17. The van der Waals surface area contributed by atoms with Gasteiger partial charge in [0.25, 0.3) is 0 Å². The number of hydrogen-bond acceptors (Lipinski definition) is 4. The first-order valence-electron chi connectivity index (χ1n) is 8.69. The van der Waals surface area contributed by atoms with Crippen molar-refractivity contribution in [1.29, 1.82) is 0 Å². The van der Waals surface area contributed by atoms with Gasteiger partial charge in [-0.3, -0.25) is 4.79 Å². The Kier molecular flexibility index (Phi) is 4.59. The number of carbonyl (C=O) groups excluding carboxylic acids is 1. The van der Waals surface area contributed by atoms with E-state index in [2.05, 4.69) is 61.9 Å². The van der Waals surface area contributed by atoms with Crippen molar-refractivity contribution < 1.29 is 4.79 Å². The Balaban J connectivity index is 1.77. The quantitative estimate of drug-likeness (QED) is 0.570.